The molecule has 1 unspecified atom stereocenters. The van der Waals surface area contributed by atoms with Crippen molar-refractivity contribution in [2.75, 3.05) is 13.1 Å². The second-order valence-corrected chi connectivity index (χ2v) is 7.03. The third-order valence-electron chi connectivity index (χ3n) is 3.76. The van der Waals surface area contributed by atoms with E-state index < -0.39 is 0 Å². The number of hydrogen-bond acceptors (Lipinski definition) is 2. The lowest BCUT2D eigenvalue weighted by Gasteiger charge is -2.42. The SMILES string of the molecule is CC1(C)CN(C(=O)c2ccc(Cl)cc2Br)CCC1N.Cl. The Bertz CT molecular complexity index is 508. The van der Waals surface area contributed by atoms with Gasteiger partial charge in [0.25, 0.3) is 5.91 Å². The second-order valence-electron chi connectivity index (χ2n) is 5.73. The number of likely N-dealkylation sites (tertiary alicyclic amines) is 1. The predicted molar refractivity (Wildman–Crippen MR) is 88.7 cm³/mol. The Hall–Kier alpha value is -0.290. The van der Waals surface area contributed by atoms with Gasteiger partial charge < -0.3 is 10.6 Å². The standard InChI is InChI=1S/C14H18BrClN2O.ClH/c1-14(2)8-18(6-5-12(14)17)13(19)10-4-3-9(16)7-11(10)15;/h3-4,7,12H,5-6,8,17H2,1-2H3;1H. The molecule has 1 atom stereocenters. The first-order chi connectivity index (χ1) is 8.81. The number of piperidine rings is 1. The van der Waals surface area contributed by atoms with Crippen LogP contribution in [-0.4, -0.2) is 29.9 Å². The molecule has 1 aliphatic rings. The van der Waals surface area contributed by atoms with Gasteiger partial charge in [-0.05, 0) is 46.0 Å². The van der Waals surface area contributed by atoms with Gasteiger partial charge in [-0.2, -0.15) is 0 Å². The third kappa shape index (κ3) is 3.67. The molecule has 1 saturated heterocycles. The predicted octanol–water partition coefficient (Wildman–Crippen LogP) is 3.72. The van der Waals surface area contributed by atoms with Crippen molar-refractivity contribution in [3.63, 3.8) is 0 Å². The molecule has 1 heterocycles. The minimum Gasteiger partial charge on any atom is -0.338 e. The Balaban J connectivity index is 0.00000200. The van der Waals surface area contributed by atoms with Crippen LogP contribution in [0.5, 0.6) is 0 Å². The zero-order valence-corrected chi connectivity index (χ0v) is 14.7. The first-order valence-corrected chi connectivity index (χ1v) is 7.48. The maximum Gasteiger partial charge on any atom is 0.255 e. The van der Waals surface area contributed by atoms with E-state index in [1.165, 1.54) is 0 Å². The van der Waals surface area contributed by atoms with Gasteiger partial charge in [0.15, 0.2) is 0 Å². The fourth-order valence-corrected chi connectivity index (χ4v) is 3.23. The fraction of sp³-hybridized carbons (Fsp3) is 0.500. The van der Waals surface area contributed by atoms with Crippen LogP contribution in [0.15, 0.2) is 22.7 Å². The third-order valence-corrected chi connectivity index (χ3v) is 4.65. The van der Waals surface area contributed by atoms with Gasteiger partial charge in [0, 0.05) is 28.6 Å². The smallest absolute Gasteiger partial charge is 0.255 e. The topological polar surface area (TPSA) is 46.3 Å². The molecule has 0 radical (unpaired) electrons. The molecule has 0 aliphatic carbocycles. The highest BCUT2D eigenvalue weighted by atomic mass is 79.9. The van der Waals surface area contributed by atoms with E-state index in [2.05, 4.69) is 29.8 Å². The largest absolute Gasteiger partial charge is 0.338 e. The van der Waals surface area contributed by atoms with Crippen molar-refractivity contribution in [1.82, 2.24) is 4.90 Å². The Morgan fingerprint density at radius 3 is 2.70 bits per heavy atom. The van der Waals surface area contributed by atoms with Gasteiger partial charge >= 0.3 is 0 Å². The van der Waals surface area contributed by atoms with E-state index in [1.54, 1.807) is 18.2 Å². The van der Waals surface area contributed by atoms with Gasteiger partial charge in [0.05, 0.1) is 5.56 Å². The summed E-state index contributed by atoms with van der Waals surface area (Å²) in [6.07, 6.45) is 0.837. The van der Waals surface area contributed by atoms with Crippen LogP contribution in [0.4, 0.5) is 0 Å². The first kappa shape index (κ1) is 17.8. The molecule has 1 amide bonds. The molecule has 1 aliphatic heterocycles. The number of carbonyl (C=O) groups excluding carboxylic acids is 1. The summed E-state index contributed by atoms with van der Waals surface area (Å²) in [7, 11) is 0. The van der Waals surface area contributed by atoms with Crippen molar-refractivity contribution in [2.45, 2.75) is 26.3 Å². The Kier molecular flexibility index (Phi) is 5.90. The molecule has 0 aromatic heterocycles. The van der Waals surface area contributed by atoms with Crippen LogP contribution in [0, 0.1) is 5.41 Å². The molecule has 3 nitrogen and oxygen atoms in total. The molecule has 0 saturated carbocycles. The summed E-state index contributed by atoms with van der Waals surface area (Å²) in [6.45, 7) is 5.60. The minimum absolute atomic E-state index is 0. The maximum absolute atomic E-state index is 12.5. The van der Waals surface area contributed by atoms with Crippen LogP contribution in [0.1, 0.15) is 30.6 Å². The molecule has 1 aromatic carbocycles. The number of benzene rings is 1. The van der Waals surface area contributed by atoms with Crippen molar-refractivity contribution >= 4 is 45.8 Å². The highest BCUT2D eigenvalue weighted by Gasteiger charge is 2.35. The zero-order chi connectivity index (χ0) is 14.2. The monoisotopic (exact) mass is 380 g/mol. The summed E-state index contributed by atoms with van der Waals surface area (Å²) in [6, 6.07) is 5.39. The second kappa shape index (κ2) is 6.65. The summed E-state index contributed by atoms with van der Waals surface area (Å²) < 4.78 is 0.734. The average Bonchev–Trinajstić information content (AvgIpc) is 2.32. The number of amides is 1. The molecule has 2 N–H and O–H groups in total. The molecule has 1 fully saturated rings. The van der Waals surface area contributed by atoms with Crippen molar-refractivity contribution in [1.29, 1.82) is 0 Å². The lowest BCUT2D eigenvalue weighted by atomic mass is 9.79. The molecule has 2 rings (SSSR count). The number of rotatable bonds is 1. The van der Waals surface area contributed by atoms with E-state index in [-0.39, 0.29) is 29.8 Å². The maximum atomic E-state index is 12.5. The normalized spacial score (nSPS) is 21.2. The van der Waals surface area contributed by atoms with E-state index in [0.29, 0.717) is 23.7 Å². The molecular weight excluding hydrogens is 363 g/mol. The molecule has 112 valence electrons. The van der Waals surface area contributed by atoms with E-state index >= 15 is 0 Å². The Labute approximate surface area is 139 Å². The van der Waals surface area contributed by atoms with Crippen molar-refractivity contribution in [3.8, 4) is 0 Å². The summed E-state index contributed by atoms with van der Waals surface area (Å²) in [5.41, 5.74) is 6.70. The number of nitrogens with two attached hydrogens (primary N) is 1. The van der Waals surface area contributed by atoms with Gasteiger partial charge in [-0.1, -0.05) is 25.4 Å². The van der Waals surface area contributed by atoms with Crippen molar-refractivity contribution in [2.24, 2.45) is 11.1 Å². The van der Waals surface area contributed by atoms with Gasteiger partial charge in [-0.3, -0.25) is 4.79 Å². The lowest BCUT2D eigenvalue weighted by molar-refractivity contribution is 0.0532. The summed E-state index contributed by atoms with van der Waals surface area (Å²) in [5, 5.41) is 0.615. The van der Waals surface area contributed by atoms with Crippen LogP contribution in [-0.2, 0) is 0 Å². The molecule has 1 aromatic rings. The molecule has 0 spiro atoms. The average molecular weight is 382 g/mol. The molecular formula is C14H19BrCl2N2O. The summed E-state index contributed by atoms with van der Waals surface area (Å²) in [4.78, 5) is 14.4. The first-order valence-electron chi connectivity index (χ1n) is 6.31. The quantitative estimate of drug-likeness (QED) is 0.805. The van der Waals surface area contributed by atoms with E-state index in [1.807, 2.05) is 4.90 Å². The molecule has 20 heavy (non-hydrogen) atoms. The molecule has 6 heteroatoms. The van der Waals surface area contributed by atoms with Gasteiger partial charge in [-0.15, -0.1) is 12.4 Å². The Morgan fingerprint density at radius 1 is 1.50 bits per heavy atom. The van der Waals surface area contributed by atoms with Crippen LogP contribution >= 0.6 is 39.9 Å². The summed E-state index contributed by atoms with van der Waals surface area (Å²) in [5.74, 6) is 0.0310. The number of nitrogens with zero attached hydrogens (tertiary/aromatic N) is 1. The molecule has 0 bridgehead atoms. The van der Waals surface area contributed by atoms with Gasteiger partial charge in [0.1, 0.15) is 0 Å². The Morgan fingerprint density at radius 2 is 2.15 bits per heavy atom. The van der Waals surface area contributed by atoms with Gasteiger partial charge in [-0.25, -0.2) is 0 Å². The van der Waals surface area contributed by atoms with Crippen molar-refractivity contribution in [3.05, 3.63) is 33.3 Å². The fourth-order valence-electron chi connectivity index (χ4n) is 2.38. The summed E-state index contributed by atoms with van der Waals surface area (Å²) >= 11 is 9.30. The van der Waals surface area contributed by atoms with Gasteiger partial charge in [0.2, 0.25) is 0 Å². The van der Waals surface area contributed by atoms with E-state index in [9.17, 15) is 4.79 Å². The van der Waals surface area contributed by atoms with Crippen LogP contribution < -0.4 is 5.73 Å². The van der Waals surface area contributed by atoms with Crippen LogP contribution in [0.25, 0.3) is 0 Å². The minimum atomic E-state index is -0.0488. The zero-order valence-electron chi connectivity index (χ0n) is 11.5. The van der Waals surface area contributed by atoms with Crippen LogP contribution in [0.2, 0.25) is 5.02 Å². The number of carbonyl (C=O) groups is 1. The van der Waals surface area contributed by atoms with E-state index in [0.717, 1.165) is 10.9 Å². The van der Waals surface area contributed by atoms with E-state index in [4.69, 9.17) is 17.3 Å². The number of hydrogen-bond donors (Lipinski definition) is 1. The van der Waals surface area contributed by atoms with Crippen LogP contribution in [0.3, 0.4) is 0 Å². The highest BCUT2D eigenvalue weighted by Crippen LogP contribution is 2.30. The lowest BCUT2D eigenvalue weighted by Crippen LogP contribution is -2.54. The highest BCUT2D eigenvalue weighted by molar-refractivity contribution is 9.10. The van der Waals surface area contributed by atoms with Crippen molar-refractivity contribution < 1.29 is 4.79 Å². The number of halogens is 3.